The van der Waals surface area contributed by atoms with Gasteiger partial charge in [-0.15, -0.1) is 12.4 Å². The molecule has 0 amide bonds. The molecule has 0 aliphatic heterocycles. The van der Waals surface area contributed by atoms with Crippen LogP contribution in [0.3, 0.4) is 0 Å². The largest absolute Gasteiger partial charge is 0.457 e. The first kappa shape index (κ1) is 21.6. The molecule has 130 valence electrons. The number of nitrogens with two attached hydrogens (primary N) is 1. The van der Waals surface area contributed by atoms with Crippen molar-refractivity contribution in [2.24, 2.45) is 5.16 Å². The Labute approximate surface area is 148 Å². The number of halogens is 2. The second-order valence-corrected chi connectivity index (χ2v) is 6.90. The summed E-state index contributed by atoms with van der Waals surface area (Å²) in [5.74, 6) is -0.710. The molecule has 0 aliphatic carbocycles. The number of carbonyl (C=O) groups is 2. The lowest BCUT2D eigenvalue weighted by Crippen LogP contribution is -2.40. The fourth-order valence-corrected chi connectivity index (χ4v) is 1.65. The molecule has 0 aromatic carbocycles. The summed E-state index contributed by atoms with van der Waals surface area (Å²) in [4.78, 5) is 32.3. The van der Waals surface area contributed by atoms with Gasteiger partial charge in [0.1, 0.15) is 5.60 Å². The van der Waals surface area contributed by atoms with Crippen molar-refractivity contribution in [1.29, 1.82) is 0 Å². The second kappa shape index (κ2) is 7.89. The highest BCUT2D eigenvalue weighted by Gasteiger charge is 2.36. The molecule has 8 nitrogen and oxygen atoms in total. The molecule has 23 heavy (non-hydrogen) atoms. The smallest absolute Gasteiger partial charge is 0.353 e. The fraction of sp³-hybridized carbons (Fsp3) is 0.583. The number of carbonyl (C=O) groups excluding carboxylic acids is 2. The number of nitrogen functional groups attached to an aromatic ring is 1. The van der Waals surface area contributed by atoms with Gasteiger partial charge >= 0.3 is 5.97 Å². The predicted octanol–water partition coefficient (Wildman–Crippen LogP) is 2.15. The molecule has 1 aromatic heterocycles. The van der Waals surface area contributed by atoms with E-state index in [0.29, 0.717) is 0 Å². The van der Waals surface area contributed by atoms with Crippen molar-refractivity contribution in [2.45, 2.75) is 45.8 Å². The van der Waals surface area contributed by atoms with Gasteiger partial charge in [-0.25, -0.2) is 4.79 Å². The quantitative estimate of drug-likeness (QED) is 0.357. The molecule has 0 radical (unpaired) electrons. The minimum atomic E-state index is -1.42. The van der Waals surface area contributed by atoms with Gasteiger partial charge in [0.15, 0.2) is 5.13 Å². The predicted molar refractivity (Wildman–Crippen MR) is 90.0 cm³/mol. The van der Waals surface area contributed by atoms with E-state index >= 15 is 0 Å². The third-order valence-corrected chi connectivity index (χ3v) is 2.82. The van der Waals surface area contributed by atoms with Crippen LogP contribution in [-0.2, 0) is 19.2 Å². The molecule has 0 saturated heterocycles. The van der Waals surface area contributed by atoms with Crippen molar-refractivity contribution in [3.63, 3.8) is 0 Å². The lowest BCUT2D eigenvalue weighted by Gasteiger charge is -2.26. The van der Waals surface area contributed by atoms with Gasteiger partial charge in [0, 0.05) is 11.5 Å². The lowest BCUT2D eigenvalue weighted by atomic mass is 10.1. The monoisotopic (exact) mass is 384 g/mol. The number of rotatable bonds is 5. The zero-order valence-electron chi connectivity index (χ0n) is 13.2. The summed E-state index contributed by atoms with van der Waals surface area (Å²) >= 11 is 6.30. The molecule has 0 atom stereocenters. The van der Waals surface area contributed by atoms with E-state index in [1.807, 2.05) is 0 Å². The van der Waals surface area contributed by atoms with Crippen molar-refractivity contribution in [3.05, 3.63) is 5.82 Å². The number of hydrogen-bond acceptors (Lipinski definition) is 9. The van der Waals surface area contributed by atoms with E-state index in [9.17, 15) is 9.59 Å². The molecule has 0 saturated carbocycles. The molecule has 0 fully saturated rings. The summed E-state index contributed by atoms with van der Waals surface area (Å²) in [6.07, 6.45) is 0. The number of oxime groups is 1. The Kier molecular flexibility index (Phi) is 7.39. The molecule has 0 aliphatic rings. The van der Waals surface area contributed by atoms with Crippen molar-refractivity contribution >= 4 is 57.6 Å². The fourth-order valence-electron chi connectivity index (χ4n) is 1.09. The SMILES string of the molecule is CC(C)(C)OC(=O)C(C)(C)O/N=C(/C(=O)Cl)c1nsc(N)n1.Cl. The summed E-state index contributed by atoms with van der Waals surface area (Å²) in [6, 6.07) is 0. The van der Waals surface area contributed by atoms with Crippen molar-refractivity contribution in [2.75, 3.05) is 5.73 Å². The summed E-state index contributed by atoms with van der Waals surface area (Å²) in [5, 5.41) is 2.80. The normalized spacial score (nSPS) is 12.3. The number of ether oxygens (including phenoxy) is 1. The van der Waals surface area contributed by atoms with Crippen LogP contribution in [0.5, 0.6) is 0 Å². The molecular formula is C12H18Cl2N4O4S. The maximum absolute atomic E-state index is 12.0. The van der Waals surface area contributed by atoms with Crippen LogP contribution in [0.25, 0.3) is 0 Å². The Bertz CT molecular complexity index is 610. The number of esters is 1. The maximum Gasteiger partial charge on any atom is 0.353 e. The Morgan fingerprint density at radius 2 is 1.83 bits per heavy atom. The molecule has 0 unspecified atom stereocenters. The first-order valence-electron chi connectivity index (χ1n) is 6.21. The van der Waals surface area contributed by atoms with Gasteiger partial charge in [-0.1, -0.05) is 5.16 Å². The van der Waals surface area contributed by atoms with E-state index in [1.54, 1.807) is 20.8 Å². The van der Waals surface area contributed by atoms with E-state index in [0.717, 1.165) is 11.5 Å². The van der Waals surface area contributed by atoms with Gasteiger partial charge < -0.3 is 15.3 Å². The number of anilines is 1. The van der Waals surface area contributed by atoms with Crippen molar-refractivity contribution in [1.82, 2.24) is 9.36 Å². The van der Waals surface area contributed by atoms with Crippen molar-refractivity contribution < 1.29 is 19.2 Å². The van der Waals surface area contributed by atoms with E-state index in [4.69, 9.17) is 26.9 Å². The molecular weight excluding hydrogens is 367 g/mol. The number of hydrogen-bond donors (Lipinski definition) is 1. The average molecular weight is 385 g/mol. The molecule has 1 rings (SSSR count). The molecule has 0 bridgehead atoms. The van der Waals surface area contributed by atoms with Crippen LogP contribution in [0, 0.1) is 0 Å². The Morgan fingerprint density at radius 3 is 2.22 bits per heavy atom. The molecule has 1 heterocycles. The number of nitrogens with zero attached hydrogens (tertiary/aromatic N) is 3. The second-order valence-electron chi connectivity index (χ2n) is 5.77. The first-order chi connectivity index (χ1) is 9.92. The number of aromatic nitrogens is 2. The van der Waals surface area contributed by atoms with Crippen LogP contribution in [0.4, 0.5) is 5.13 Å². The summed E-state index contributed by atoms with van der Waals surface area (Å²) in [6.45, 7) is 8.06. The van der Waals surface area contributed by atoms with Crippen LogP contribution in [0.15, 0.2) is 5.16 Å². The van der Waals surface area contributed by atoms with Gasteiger partial charge in [-0.05, 0) is 46.2 Å². The summed E-state index contributed by atoms with van der Waals surface area (Å²) < 4.78 is 9.02. The van der Waals surface area contributed by atoms with Crippen LogP contribution in [-0.4, -0.2) is 37.5 Å². The third-order valence-electron chi connectivity index (χ3n) is 2.10. The van der Waals surface area contributed by atoms with Crippen LogP contribution >= 0.6 is 35.5 Å². The topological polar surface area (TPSA) is 117 Å². The lowest BCUT2D eigenvalue weighted by molar-refractivity contribution is -0.179. The van der Waals surface area contributed by atoms with Gasteiger partial charge in [-0.2, -0.15) is 9.36 Å². The van der Waals surface area contributed by atoms with E-state index < -0.39 is 22.4 Å². The average Bonchev–Trinajstić information content (AvgIpc) is 2.73. The Balaban J connectivity index is 0.00000484. The van der Waals surface area contributed by atoms with Crippen LogP contribution in [0.2, 0.25) is 0 Å². The Morgan fingerprint density at radius 1 is 1.26 bits per heavy atom. The van der Waals surface area contributed by atoms with Crippen molar-refractivity contribution in [3.8, 4) is 0 Å². The van der Waals surface area contributed by atoms with Gasteiger partial charge in [0.05, 0.1) is 0 Å². The molecule has 1 aromatic rings. The molecule has 11 heteroatoms. The van der Waals surface area contributed by atoms with E-state index in [2.05, 4.69) is 14.5 Å². The zero-order chi connectivity index (χ0) is 17.1. The highest BCUT2D eigenvalue weighted by Crippen LogP contribution is 2.18. The van der Waals surface area contributed by atoms with E-state index in [-0.39, 0.29) is 29.1 Å². The van der Waals surface area contributed by atoms with E-state index in [1.165, 1.54) is 13.8 Å². The summed E-state index contributed by atoms with van der Waals surface area (Å²) in [5.41, 5.74) is 2.99. The maximum atomic E-state index is 12.0. The first-order valence-corrected chi connectivity index (χ1v) is 7.36. The molecule has 2 N–H and O–H groups in total. The van der Waals surface area contributed by atoms with Gasteiger partial charge in [-0.3, -0.25) is 4.79 Å². The highest BCUT2D eigenvalue weighted by atomic mass is 35.5. The van der Waals surface area contributed by atoms with Crippen LogP contribution in [0.1, 0.15) is 40.4 Å². The standard InChI is InChI=1S/C12H17ClN4O4S.ClH/c1-11(2,3)20-9(19)12(4,5)21-16-6(7(13)18)8-15-10(14)22-17-8;/h1-5H3,(H2,14,15,17);1H/b16-6-;. The van der Waals surface area contributed by atoms with Gasteiger partial charge in [0.25, 0.3) is 5.24 Å². The minimum absolute atomic E-state index is 0. The van der Waals surface area contributed by atoms with Crippen LogP contribution < -0.4 is 5.73 Å². The third kappa shape index (κ3) is 6.67. The minimum Gasteiger partial charge on any atom is -0.457 e. The van der Waals surface area contributed by atoms with Gasteiger partial charge in [0.2, 0.25) is 17.1 Å². The molecule has 0 spiro atoms. The Hall–Kier alpha value is -1.45. The summed E-state index contributed by atoms with van der Waals surface area (Å²) in [7, 11) is 0. The zero-order valence-corrected chi connectivity index (χ0v) is 15.6. The highest BCUT2D eigenvalue weighted by molar-refractivity contribution is 7.09.